The summed E-state index contributed by atoms with van der Waals surface area (Å²) in [5.41, 5.74) is 0.574. The molecule has 0 saturated heterocycles. The molecule has 0 amide bonds. The second kappa shape index (κ2) is 6.79. The number of thioether (sulfide) groups is 1. The van der Waals surface area contributed by atoms with Crippen molar-refractivity contribution in [2.75, 3.05) is 0 Å². The Balaban J connectivity index is 1.77. The summed E-state index contributed by atoms with van der Waals surface area (Å²) in [6.45, 7) is 1.84. The monoisotopic (exact) mass is 345 g/mol. The van der Waals surface area contributed by atoms with Crippen LogP contribution in [0.25, 0.3) is 11.5 Å². The molecule has 0 fully saturated rings. The van der Waals surface area contributed by atoms with Crippen LogP contribution in [0.5, 0.6) is 0 Å². The van der Waals surface area contributed by atoms with E-state index in [0.717, 1.165) is 0 Å². The summed E-state index contributed by atoms with van der Waals surface area (Å²) in [6.07, 6.45) is 0. The lowest BCUT2D eigenvalue weighted by molar-refractivity contribution is -0.384. The number of hydrogen-bond acceptors (Lipinski definition) is 6. The average Bonchev–Trinajstić information content (AvgIpc) is 3.07. The number of rotatable bonds is 5. The van der Waals surface area contributed by atoms with Gasteiger partial charge in [-0.25, -0.2) is 4.39 Å². The molecule has 6 nitrogen and oxygen atoms in total. The van der Waals surface area contributed by atoms with Crippen molar-refractivity contribution in [3.8, 4) is 11.5 Å². The third-order valence-corrected chi connectivity index (χ3v) is 4.39. The van der Waals surface area contributed by atoms with Crippen molar-refractivity contribution < 1.29 is 13.7 Å². The Morgan fingerprint density at radius 1 is 1.17 bits per heavy atom. The minimum Gasteiger partial charge on any atom is -0.419 e. The second-order valence-corrected chi connectivity index (χ2v) is 6.32. The van der Waals surface area contributed by atoms with Crippen molar-refractivity contribution in [1.82, 2.24) is 10.2 Å². The van der Waals surface area contributed by atoms with Crippen LogP contribution in [0.3, 0.4) is 0 Å². The van der Waals surface area contributed by atoms with Gasteiger partial charge in [-0.1, -0.05) is 12.1 Å². The second-order valence-electron chi connectivity index (χ2n) is 4.94. The predicted octanol–water partition coefficient (Wildman–Crippen LogP) is 4.64. The largest absolute Gasteiger partial charge is 0.419 e. The van der Waals surface area contributed by atoms with E-state index in [4.69, 9.17) is 4.42 Å². The van der Waals surface area contributed by atoms with E-state index in [0.29, 0.717) is 16.3 Å². The topological polar surface area (TPSA) is 82.1 Å². The molecule has 0 aliphatic carbocycles. The molecule has 0 saturated carbocycles. The highest BCUT2D eigenvalue weighted by Crippen LogP contribution is 2.36. The summed E-state index contributed by atoms with van der Waals surface area (Å²) < 4.78 is 19.3. The predicted molar refractivity (Wildman–Crippen MR) is 87.1 cm³/mol. The fourth-order valence-electron chi connectivity index (χ4n) is 2.02. The van der Waals surface area contributed by atoms with E-state index in [1.165, 1.54) is 30.0 Å². The number of aromatic nitrogens is 2. The first kappa shape index (κ1) is 16.1. The number of non-ortho nitro benzene ring substituents is 1. The first-order valence-corrected chi connectivity index (χ1v) is 7.92. The molecule has 0 radical (unpaired) electrons. The zero-order chi connectivity index (χ0) is 17.1. The molecule has 2 aromatic carbocycles. The normalized spacial score (nSPS) is 12.1. The molecule has 3 rings (SSSR count). The van der Waals surface area contributed by atoms with Gasteiger partial charge in [-0.2, -0.15) is 0 Å². The number of benzene rings is 2. The van der Waals surface area contributed by atoms with Gasteiger partial charge in [-0.3, -0.25) is 10.1 Å². The lowest BCUT2D eigenvalue weighted by Gasteiger charge is -2.07. The van der Waals surface area contributed by atoms with Crippen molar-refractivity contribution in [2.45, 2.75) is 17.1 Å². The zero-order valence-corrected chi connectivity index (χ0v) is 13.4. The molecule has 0 N–H and O–H groups in total. The molecule has 0 aliphatic heterocycles. The summed E-state index contributed by atoms with van der Waals surface area (Å²) in [7, 11) is 0. The van der Waals surface area contributed by atoms with Crippen LogP contribution in [0.2, 0.25) is 0 Å². The van der Waals surface area contributed by atoms with Crippen molar-refractivity contribution in [3.63, 3.8) is 0 Å². The first-order chi connectivity index (χ1) is 11.5. The van der Waals surface area contributed by atoms with Crippen LogP contribution in [0, 0.1) is 15.9 Å². The number of nitro benzene ring substituents is 1. The van der Waals surface area contributed by atoms with E-state index >= 15 is 0 Å². The average molecular weight is 345 g/mol. The molecule has 3 aromatic rings. The number of hydrogen-bond donors (Lipinski definition) is 0. The van der Waals surface area contributed by atoms with Gasteiger partial charge < -0.3 is 4.42 Å². The Bertz CT molecular complexity index is 867. The quantitative estimate of drug-likeness (QED) is 0.381. The molecule has 24 heavy (non-hydrogen) atoms. The molecule has 0 spiro atoms. The van der Waals surface area contributed by atoms with Crippen LogP contribution in [0.1, 0.15) is 18.1 Å². The smallest absolute Gasteiger partial charge is 0.269 e. The number of nitrogens with zero attached hydrogens (tertiary/aromatic N) is 3. The summed E-state index contributed by atoms with van der Waals surface area (Å²) in [4.78, 5) is 10.7. The van der Waals surface area contributed by atoms with Gasteiger partial charge in [0, 0.05) is 22.6 Å². The molecule has 0 aliphatic rings. The van der Waals surface area contributed by atoms with Gasteiger partial charge in [-0.15, -0.1) is 22.0 Å². The van der Waals surface area contributed by atoms with E-state index < -0.39 is 4.92 Å². The van der Waals surface area contributed by atoms with Gasteiger partial charge in [0.25, 0.3) is 5.69 Å². The van der Waals surface area contributed by atoms with E-state index in [9.17, 15) is 14.5 Å². The van der Waals surface area contributed by atoms with Crippen LogP contribution < -0.4 is 0 Å². The van der Waals surface area contributed by atoms with Gasteiger partial charge in [0.2, 0.25) is 11.8 Å². The molecule has 1 heterocycles. The third-order valence-electron chi connectivity index (χ3n) is 3.25. The minimum absolute atomic E-state index is 0.0121. The van der Waals surface area contributed by atoms with Crippen molar-refractivity contribution in [3.05, 3.63) is 70.4 Å². The maximum Gasteiger partial charge on any atom is 0.269 e. The van der Waals surface area contributed by atoms with Crippen LogP contribution in [-0.4, -0.2) is 15.1 Å². The van der Waals surface area contributed by atoms with Crippen molar-refractivity contribution in [1.29, 1.82) is 0 Å². The van der Waals surface area contributed by atoms with E-state index in [2.05, 4.69) is 10.2 Å². The number of halogens is 1. The fraction of sp³-hybridized carbons (Fsp3) is 0.125. The van der Waals surface area contributed by atoms with E-state index in [1.807, 2.05) is 6.92 Å². The molecule has 1 aromatic heterocycles. The standard InChI is InChI=1S/C16H12FN3O3S/c1-10(24-14-5-3-2-4-13(14)17)15-18-19-16(23-15)11-6-8-12(9-7-11)20(21)22/h2-10H,1H3/t10-/m1/s1. The summed E-state index contributed by atoms with van der Waals surface area (Å²) in [5, 5.41) is 18.4. The maximum absolute atomic E-state index is 13.7. The SMILES string of the molecule is C[C@@H](Sc1ccccc1F)c1nnc(-c2ccc([N+](=O)[O-])cc2)o1. The Morgan fingerprint density at radius 3 is 2.54 bits per heavy atom. The van der Waals surface area contributed by atoms with Crippen molar-refractivity contribution in [2.24, 2.45) is 0 Å². The number of nitro groups is 1. The Kier molecular flexibility index (Phi) is 4.57. The fourth-order valence-corrected chi connectivity index (χ4v) is 2.94. The summed E-state index contributed by atoms with van der Waals surface area (Å²) in [5.74, 6) is 0.321. The molecule has 1 atom stereocenters. The molecule has 122 valence electrons. The Morgan fingerprint density at radius 2 is 1.88 bits per heavy atom. The molecule has 8 heteroatoms. The minimum atomic E-state index is -0.476. The van der Waals surface area contributed by atoms with Crippen molar-refractivity contribution >= 4 is 17.4 Å². The first-order valence-electron chi connectivity index (χ1n) is 7.04. The Labute approximate surface area is 140 Å². The maximum atomic E-state index is 13.7. The van der Waals surface area contributed by atoms with Gasteiger partial charge in [0.05, 0.1) is 10.2 Å². The highest BCUT2D eigenvalue weighted by molar-refractivity contribution is 7.99. The molecule has 0 unspecified atom stereocenters. The van der Waals surface area contributed by atoms with Crippen LogP contribution >= 0.6 is 11.8 Å². The summed E-state index contributed by atoms with van der Waals surface area (Å²) >= 11 is 1.28. The summed E-state index contributed by atoms with van der Waals surface area (Å²) in [6, 6.07) is 12.3. The van der Waals surface area contributed by atoms with E-state index in [1.54, 1.807) is 30.3 Å². The lowest BCUT2D eigenvalue weighted by atomic mass is 10.2. The van der Waals surface area contributed by atoms with Crippen LogP contribution in [0.4, 0.5) is 10.1 Å². The highest BCUT2D eigenvalue weighted by atomic mass is 32.2. The van der Waals surface area contributed by atoms with E-state index in [-0.39, 0.29) is 22.6 Å². The van der Waals surface area contributed by atoms with Gasteiger partial charge in [0.1, 0.15) is 5.82 Å². The lowest BCUT2D eigenvalue weighted by Crippen LogP contribution is -1.90. The highest BCUT2D eigenvalue weighted by Gasteiger charge is 2.18. The third kappa shape index (κ3) is 3.43. The van der Waals surface area contributed by atoms with Gasteiger partial charge >= 0.3 is 0 Å². The Hall–Kier alpha value is -2.74. The van der Waals surface area contributed by atoms with Crippen LogP contribution in [0.15, 0.2) is 57.8 Å². The van der Waals surface area contributed by atoms with Crippen LogP contribution in [-0.2, 0) is 0 Å². The van der Waals surface area contributed by atoms with Gasteiger partial charge in [-0.05, 0) is 31.2 Å². The zero-order valence-electron chi connectivity index (χ0n) is 12.5. The molecule has 0 bridgehead atoms. The molecular formula is C16H12FN3O3S. The van der Waals surface area contributed by atoms with Gasteiger partial charge in [0.15, 0.2) is 0 Å². The molecular weight excluding hydrogens is 333 g/mol.